The molecular weight excluding hydrogens is 352 g/mol. The Morgan fingerprint density at radius 2 is 1.45 bits per heavy atom. The molecule has 148 valence electrons. The summed E-state index contributed by atoms with van der Waals surface area (Å²) in [4.78, 5) is 5.01. The summed E-state index contributed by atoms with van der Waals surface area (Å²) in [6, 6.07) is 19.7. The predicted octanol–water partition coefficient (Wildman–Crippen LogP) is 6.88. The fourth-order valence-corrected chi connectivity index (χ4v) is 7.00. The summed E-state index contributed by atoms with van der Waals surface area (Å²) >= 11 is 0. The second-order valence-corrected chi connectivity index (χ2v) is 10.1. The summed E-state index contributed by atoms with van der Waals surface area (Å²) in [6.07, 6.45) is 9.28. The van der Waals surface area contributed by atoms with Crippen molar-refractivity contribution < 1.29 is 0 Å². The number of aromatic nitrogens is 2. The molecule has 4 fully saturated rings. The first-order valence-electron chi connectivity index (χ1n) is 11.4. The Balaban J connectivity index is 1.45. The van der Waals surface area contributed by atoms with Gasteiger partial charge in [0.1, 0.15) is 5.82 Å². The summed E-state index contributed by atoms with van der Waals surface area (Å²) in [6.45, 7) is 4.65. The molecule has 4 aliphatic rings. The van der Waals surface area contributed by atoms with Crippen molar-refractivity contribution >= 4 is 0 Å². The maximum Gasteiger partial charge on any atom is 0.140 e. The molecule has 4 bridgehead atoms. The van der Waals surface area contributed by atoms with Crippen molar-refractivity contribution in [3.8, 4) is 22.5 Å². The van der Waals surface area contributed by atoms with E-state index in [0.717, 1.165) is 17.8 Å². The van der Waals surface area contributed by atoms with Crippen molar-refractivity contribution in [3.05, 3.63) is 66.5 Å². The van der Waals surface area contributed by atoms with Crippen LogP contribution in [0.3, 0.4) is 0 Å². The highest BCUT2D eigenvalue weighted by molar-refractivity contribution is 5.68. The van der Waals surface area contributed by atoms with Gasteiger partial charge in [-0.1, -0.05) is 68.4 Å². The summed E-state index contributed by atoms with van der Waals surface area (Å²) in [7, 11) is 0. The van der Waals surface area contributed by atoms with Crippen LogP contribution in [-0.4, -0.2) is 9.55 Å². The molecule has 0 saturated heterocycles. The summed E-state index contributed by atoms with van der Waals surface area (Å²) in [5, 5.41) is 0. The molecule has 0 spiro atoms. The lowest BCUT2D eigenvalue weighted by Crippen LogP contribution is -2.37. The van der Waals surface area contributed by atoms with Crippen LogP contribution in [0.1, 0.15) is 57.6 Å². The van der Waals surface area contributed by atoms with Gasteiger partial charge in [-0.2, -0.15) is 0 Å². The molecule has 0 N–H and O–H groups in total. The molecule has 0 amide bonds. The van der Waals surface area contributed by atoms with Crippen LogP contribution in [0.2, 0.25) is 0 Å². The lowest BCUT2D eigenvalue weighted by molar-refractivity contribution is 0.200. The summed E-state index contributed by atoms with van der Waals surface area (Å²) in [5.41, 5.74) is 5.57. The molecule has 0 radical (unpaired) electrons. The van der Waals surface area contributed by atoms with Crippen LogP contribution in [0.25, 0.3) is 22.5 Å². The van der Waals surface area contributed by atoms with Crippen molar-refractivity contribution in [3.63, 3.8) is 0 Å². The van der Waals surface area contributed by atoms with Crippen molar-refractivity contribution in [1.82, 2.24) is 9.55 Å². The number of rotatable bonds is 4. The van der Waals surface area contributed by atoms with Crippen LogP contribution in [0.5, 0.6) is 0 Å². The van der Waals surface area contributed by atoms with Gasteiger partial charge < -0.3 is 4.57 Å². The van der Waals surface area contributed by atoms with Crippen LogP contribution in [0, 0.1) is 17.8 Å². The quantitative estimate of drug-likeness (QED) is 0.481. The lowest BCUT2D eigenvalue weighted by atomic mass is 9.80. The SMILES string of the molecule is CC(C)c1cnc(-c2ccc(-c3ccccc3)cc2)n1C12CC3CC(CC1C3)C2. The highest BCUT2D eigenvalue weighted by Gasteiger charge is 2.59. The number of benzene rings is 2. The van der Waals surface area contributed by atoms with E-state index in [1.54, 1.807) is 0 Å². The van der Waals surface area contributed by atoms with Crippen LogP contribution in [0.4, 0.5) is 0 Å². The van der Waals surface area contributed by atoms with Crippen LogP contribution in [0.15, 0.2) is 60.8 Å². The van der Waals surface area contributed by atoms with Gasteiger partial charge in [0, 0.05) is 23.0 Å². The third-order valence-corrected chi connectivity index (χ3v) is 8.02. The highest BCUT2D eigenvalue weighted by Crippen LogP contribution is 2.65. The van der Waals surface area contributed by atoms with Gasteiger partial charge in [-0.25, -0.2) is 4.98 Å². The first-order chi connectivity index (χ1) is 14.1. The van der Waals surface area contributed by atoms with E-state index in [1.807, 2.05) is 0 Å². The van der Waals surface area contributed by atoms with Gasteiger partial charge in [0.15, 0.2) is 0 Å². The number of hydrogen-bond acceptors (Lipinski definition) is 1. The first-order valence-corrected chi connectivity index (χ1v) is 11.4. The second kappa shape index (κ2) is 6.32. The third-order valence-electron chi connectivity index (χ3n) is 8.02. The highest BCUT2D eigenvalue weighted by atomic mass is 15.2. The van der Waals surface area contributed by atoms with Crippen LogP contribution >= 0.6 is 0 Å². The molecule has 1 heterocycles. The fraction of sp³-hybridized carbons (Fsp3) is 0.444. The standard InChI is InChI=1S/C27H30N2/c1-18(2)25-17-28-26(23-10-8-22(9-11-23)21-6-4-3-5-7-21)29(25)27-15-19-12-20(16-27)14-24(27)13-19/h3-11,17-20,24H,12-16H2,1-2H3. The van der Waals surface area contributed by atoms with E-state index < -0.39 is 0 Å². The van der Waals surface area contributed by atoms with Gasteiger partial charge in [0.25, 0.3) is 0 Å². The van der Waals surface area contributed by atoms with Gasteiger partial charge in [0.2, 0.25) is 0 Å². The first kappa shape index (κ1) is 17.5. The Morgan fingerprint density at radius 3 is 2.10 bits per heavy atom. The molecule has 4 aliphatic carbocycles. The van der Waals surface area contributed by atoms with Gasteiger partial charge in [-0.05, 0) is 66.9 Å². The molecule has 1 aromatic heterocycles. The molecule has 2 heteroatoms. The molecule has 4 saturated carbocycles. The average Bonchev–Trinajstić information content (AvgIpc) is 3.36. The molecular formula is C27H30N2. The van der Waals surface area contributed by atoms with Crippen molar-refractivity contribution in [2.45, 2.75) is 57.4 Å². The van der Waals surface area contributed by atoms with Gasteiger partial charge >= 0.3 is 0 Å². The zero-order valence-corrected chi connectivity index (χ0v) is 17.5. The van der Waals surface area contributed by atoms with Crippen molar-refractivity contribution in [2.75, 3.05) is 0 Å². The third kappa shape index (κ3) is 2.57. The largest absolute Gasteiger partial charge is 0.321 e. The van der Waals surface area contributed by atoms with Crippen molar-refractivity contribution in [2.24, 2.45) is 17.8 Å². The van der Waals surface area contributed by atoms with E-state index in [-0.39, 0.29) is 0 Å². The minimum atomic E-state index is 0.330. The normalized spacial score (nSPS) is 29.8. The van der Waals surface area contributed by atoms with E-state index >= 15 is 0 Å². The molecule has 2 atom stereocenters. The average molecular weight is 383 g/mol. The van der Waals surface area contributed by atoms with Gasteiger partial charge in [0.05, 0.1) is 0 Å². The van der Waals surface area contributed by atoms with Gasteiger partial charge in [-0.15, -0.1) is 0 Å². The lowest BCUT2D eigenvalue weighted by Gasteiger charge is -2.38. The van der Waals surface area contributed by atoms with E-state index in [1.165, 1.54) is 60.3 Å². The Hall–Kier alpha value is -2.35. The number of imidazole rings is 1. The molecule has 2 unspecified atom stereocenters. The van der Waals surface area contributed by atoms with E-state index in [0.29, 0.717) is 11.5 Å². The minimum absolute atomic E-state index is 0.330. The van der Waals surface area contributed by atoms with Gasteiger partial charge in [-0.3, -0.25) is 0 Å². The van der Waals surface area contributed by atoms with E-state index in [9.17, 15) is 0 Å². The smallest absolute Gasteiger partial charge is 0.140 e. The zero-order valence-electron chi connectivity index (χ0n) is 17.5. The Labute approximate surface area is 174 Å². The summed E-state index contributed by atoms with van der Waals surface area (Å²) in [5.74, 6) is 4.46. The number of hydrogen-bond donors (Lipinski definition) is 0. The maximum atomic E-state index is 5.01. The molecule has 2 nitrogen and oxygen atoms in total. The predicted molar refractivity (Wildman–Crippen MR) is 119 cm³/mol. The maximum absolute atomic E-state index is 5.01. The minimum Gasteiger partial charge on any atom is -0.321 e. The Bertz CT molecular complexity index is 1010. The molecule has 7 rings (SSSR count). The Morgan fingerprint density at radius 1 is 0.828 bits per heavy atom. The topological polar surface area (TPSA) is 17.8 Å². The van der Waals surface area contributed by atoms with E-state index in [4.69, 9.17) is 4.98 Å². The number of nitrogens with zero attached hydrogens (tertiary/aromatic N) is 2. The van der Waals surface area contributed by atoms with Crippen LogP contribution in [-0.2, 0) is 5.54 Å². The van der Waals surface area contributed by atoms with Crippen molar-refractivity contribution in [1.29, 1.82) is 0 Å². The fourth-order valence-electron chi connectivity index (χ4n) is 7.00. The zero-order chi connectivity index (χ0) is 19.6. The molecule has 3 aromatic rings. The molecule has 2 aromatic carbocycles. The second-order valence-electron chi connectivity index (χ2n) is 10.1. The molecule has 29 heavy (non-hydrogen) atoms. The summed E-state index contributed by atoms with van der Waals surface area (Å²) < 4.78 is 2.72. The monoisotopic (exact) mass is 382 g/mol. The Kier molecular flexibility index (Phi) is 3.82. The molecule has 0 aliphatic heterocycles. The van der Waals surface area contributed by atoms with E-state index in [2.05, 4.69) is 79.2 Å². The van der Waals surface area contributed by atoms with Crippen LogP contribution < -0.4 is 0 Å².